The van der Waals surface area contributed by atoms with Crippen LogP contribution in [0.3, 0.4) is 0 Å². The minimum Gasteiger partial charge on any atom is -0.495 e. The molecule has 21 heavy (non-hydrogen) atoms. The van der Waals surface area contributed by atoms with E-state index < -0.39 is 0 Å². The van der Waals surface area contributed by atoms with Crippen LogP contribution in [0.15, 0.2) is 40.9 Å². The van der Waals surface area contributed by atoms with E-state index >= 15 is 0 Å². The van der Waals surface area contributed by atoms with Crippen molar-refractivity contribution < 1.29 is 9.47 Å². The second kappa shape index (κ2) is 7.35. The van der Waals surface area contributed by atoms with Gasteiger partial charge in [0.15, 0.2) is 0 Å². The smallest absolute Gasteiger partial charge is 0.138 e. The number of nitriles is 1. The van der Waals surface area contributed by atoms with E-state index in [1.807, 2.05) is 24.3 Å². The summed E-state index contributed by atoms with van der Waals surface area (Å²) >= 11 is 9.37. The third kappa shape index (κ3) is 3.69. The molecule has 0 fully saturated rings. The van der Waals surface area contributed by atoms with E-state index in [0.29, 0.717) is 23.8 Å². The number of alkyl halides is 1. The molecule has 0 unspecified atom stereocenters. The van der Waals surface area contributed by atoms with Gasteiger partial charge < -0.3 is 9.47 Å². The summed E-state index contributed by atoms with van der Waals surface area (Å²) in [7, 11) is 1.54. The van der Waals surface area contributed by atoms with E-state index in [0.717, 1.165) is 21.3 Å². The normalized spacial score (nSPS) is 10.0. The van der Waals surface area contributed by atoms with Crippen molar-refractivity contribution in [1.82, 2.24) is 0 Å². The Morgan fingerprint density at radius 3 is 2.76 bits per heavy atom. The second-order valence-electron chi connectivity index (χ2n) is 4.30. The molecule has 0 saturated heterocycles. The molecule has 0 N–H and O–H groups in total. The number of halogens is 2. The Morgan fingerprint density at radius 2 is 2.10 bits per heavy atom. The molecule has 2 rings (SSSR count). The summed E-state index contributed by atoms with van der Waals surface area (Å²) in [6, 6.07) is 13.2. The lowest BCUT2D eigenvalue weighted by Gasteiger charge is -2.12. The van der Waals surface area contributed by atoms with Gasteiger partial charge in [-0.15, -0.1) is 11.6 Å². The van der Waals surface area contributed by atoms with Crippen LogP contribution in [0.2, 0.25) is 0 Å². The highest BCUT2D eigenvalue weighted by Gasteiger charge is 2.09. The number of hydrogen-bond donors (Lipinski definition) is 0. The average molecular weight is 367 g/mol. The lowest BCUT2D eigenvalue weighted by molar-refractivity contribution is 0.301. The van der Waals surface area contributed by atoms with Crippen LogP contribution in [0.4, 0.5) is 0 Å². The molecule has 0 spiro atoms. The molecule has 0 aliphatic heterocycles. The lowest BCUT2D eigenvalue weighted by Crippen LogP contribution is -2.00. The summed E-state index contributed by atoms with van der Waals surface area (Å²) < 4.78 is 11.8. The van der Waals surface area contributed by atoms with Gasteiger partial charge in [-0.1, -0.05) is 18.2 Å². The number of benzene rings is 2. The molecular weight excluding hydrogens is 354 g/mol. The number of para-hydroxylation sites is 1. The van der Waals surface area contributed by atoms with Gasteiger partial charge in [-0.2, -0.15) is 5.26 Å². The summed E-state index contributed by atoms with van der Waals surface area (Å²) in [5.74, 6) is 1.66. The van der Waals surface area contributed by atoms with Gasteiger partial charge in [-0.3, -0.25) is 0 Å². The molecule has 0 aliphatic rings. The molecule has 0 saturated carbocycles. The summed E-state index contributed by atoms with van der Waals surface area (Å²) in [6.07, 6.45) is 0. The Kier molecular flexibility index (Phi) is 5.49. The largest absolute Gasteiger partial charge is 0.495 e. The molecule has 2 aromatic carbocycles. The molecule has 0 amide bonds. The van der Waals surface area contributed by atoms with Crippen molar-refractivity contribution in [3.8, 4) is 17.6 Å². The number of hydrogen-bond acceptors (Lipinski definition) is 3. The molecule has 0 bridgehead atoms. The summed E-state index contributed by atoms with van der Waals surface area (Å²) in [4.78, 5) is 0. The summed E-state index contributed by atoms with van der Waals surface area (Å²) in [5, 5.41) is 9.09. The van der Waals surface area contributed by atoms with Gasteiger partial charge in [0.2, 0.25) is 0 Å². The van der Waals surface area contributed by atoms with Gasteiger partial charge in [0.1, 0.15) is 24.2 Å². The van der Waals surface area contributed by atoms with Crippen molar-refractivity contribution in [3.05, 3.63) is 57.6 Å². The topological polar surface area (TPSA) is 42.2 Å². The highest BCUT2D eigenvalue weighted by Crippen LogP contribution is 2.31. The molecule has 2 aromatic rings. The number of methoxy groups -OCH3 is 1. The fourth-order valence-electron chi connectivity index (χ4n) is 1.91. The van der Waals surface area contributed by atoms with Gasteiger partial charge in [0, 0.05) is 5.56 Å². The van der Waals surface area contributed by atoms with Crippen LogP contribution in [-0.4, -0.2) is 7.11 Å². The second-order valence-corrected chi connectivity index (χ2v) is 5.42. The molecule has 0 aliphatic carbocycles. The number of ether oxygens (including phenoxy) is 2. The monoisotopic (exact) mass is 365 g/mol. The molecule has 0 atom stereocenters. The van der Waals surface area contributed by atoms with Crippen molar-refractivity contribution in [3.63, 3.8) is 0 Å². The first-order valence-electron chi connectivity index (χ1n) is 6.22. The van der Waals surface area contributed by atoms with E-state index in [1.165, 1.54) is 0 Å². The predicted molar refractivity (Wildman–Crippen MR) is 85.7 cm³/mol. The van der Waals surface area contributed by atoms with Crippen LogP contribution < -0.4 is 9.47 Å². The van der Waals surface area contributed by atoms with E-state index in [4.69, 9.17) is 26.3 Å². The van der Waals surface area contributed by atoms with Crippen molar-refractivity contribution in [2.24, 2.45) is 0 Å². The van der Waals surface area contributed by atoms with Crippen LogP contribution in [0.5, 0.6) is 11.5 Å². The molecule has 0 radical (unpaired) electrons. The number of rotatable bonds is 5. The minimum atomic E-state index is 0.352. The van der Waals surface area contributed by atoms with E-state index in [1.54, 1.807) is 19.2 Å². The maximum Gasteiger partial charge on any atom is 0.138 e. The van der Waals surface area contributed by atoms with E-state index in [2.05, 4.69) is 22.0 Å². The van der Waals surface area contributed by atoms with Crippen molar-refractivity contribution in [2.45, 2.75) is 12.5 Å². The average Bonchev–Trinajstić information content (AvgIpc) is 2.53. The van der Waals surface area contributed by atoms with Crippen LogP contribution in [0.25, 0.3) is 0 Å². The number of nitrogens with zero attached hydrogens (tertiary/aromatic N) is 1. The standard InChI is InChI=1S/C16H13BrClNO2/c1-20-15-6-5-11(7-13(15)9-19)10-21-16-12(8-18)3-2-4-14(16)17/h2-7H,8,10H2,1H3. The summed E-state index contributed by atoms with van der Waals surface area (Å²) in [6.45, 7) is 0.352. The third-order valence-electron chi connectivity index (χ3n) is 2.96. The highest BCUT2D eigenvalue weighted by molar-refractivity contribution is 9.10. The highest BCUT2D eigenvalue weighted by atomic mass is 79.9. The maximum absolute atomic E-state index is 9.09. The molecule has 0 aromatic heterocycles. The molecular formula is C16H13BrClNO2. The molecule has 5 heteroatoms. The van der Waals surface area contributed by atoms with E-state index in [-0.39, 0.29) is 0 Å². The summed E-state index contributed by atoms with van der Waals surface area (Å²) in [5.41, 5.74) is 2.30. The third-order valence-corrected chi connectivity index (χ3v) is 3.87. The quantitative estimate of drug-likeness (QED) is 0.724. The van der Waals surface area contributed by atoms with Gasteiger partial charge in [-0.25, -0.2) is 0 Å². The lowest BCUT2D eigenvalue weighted by atomic mass is 10.1. The Balaban J connectivity index is 2.19. The zero-order valence-electron chi connectivity index (χ0n) is 11.4. The first kappa shape index (κ1) is 15.7. The van der Waals surface area contributed by atoms with Gasteiger partial charge in [0.05, 0.1) is 23.0 Å². The Hall–Kier alpha value is -1.70. The maximum atomic E-state index is 9.09. The molecule has 3 nitrogen and oxygen atoms in total. The van der Waals surface area contributed by atoms with Crippen molar-refractivity contribution in [1.29, 1.82) is 5.26 Å². The van der Waals surface area contributed by atoms with Crippen molar-refractivity contribution >= 4 is 27.5 Å². The predicted octanol–water partition coefficient (Wildman–Crippen LogP) is 4.65. The zero-order valence-corrected chi connectivity index (χ0v) is 13.7. The van der Waals surface area contributed by atoms with Gasteiger partial charge in [-0.05, 0) is 39.7 Å². The van der Waals surface area contributed by atoms with Gasteiger partial charge >= 0.3 is 0 Å². The van der Waals surface area contributed by atoms with Crippen molar-refractivity contribution in [2.75, 3.05) is 7.11 Å². The Labute approximate surface area is 137 Å². The molecule has 108 valence electrons. The minimum absolute atomic E-state index is 0.352. The van der Waals surface area contributed by atoms with E-state index in [9.17, 15) is 0 Å². The first-order chi connectivity index (χ1) is 10.2. The van der Waals surface area contributed by atoms with Crippen LogP contribution in [0.1, 0.15) is 16.7 Å². The Bertz CT molecular complexity index is 682. The fourth-order valence-corrected chi connectivity index (χ4v) is 2.64. The van der Waals surface area contributed by atoms with Gasteiger partial charge in [0.25, 0.3) is 0 Å². The van der Waals surface area contributed by atoms with Crippen LogP contribution >= 0.6 is 27.5 Å². The fraction of sp³-hybridized carbons (Fsp3) is 0.188. The Morgan fingerprint density at radius 1 is 1.29 bits per heavy atom. The van der Waals surface area contributed by atoms with Crippen LogP contribution in [0, 0.1) is 11.3 Å². The first-order valence-corrected chi connectivity index (χ1v) is 7.55. The van der Waals surface area contributed by atoms with Crippen LogP contribution in [-0.2, 0) is 12.5 Å². The zero-order chi connectivity index (χ0) is 15.2. The molecule has 0 heterocycles. The SMILES string of the molecule is COc1ccc(COc2c(Br)cccc2CCl)cc1C#N.